The number of nitrogens with two attached hydrogens (primary N) is 3. The number of amides is 1. The molecule has 0 aromatic carbocycles. The van der Waals surface area contributed by atoms with Crippen molar-refractivity contribution in [3.63, 3.8) is 0 Å². The number of carbonyl (C=O) groups is 1. The fourth-order valence-corrected chi connectivity index (χ4v) is 6.27. The fourth-order valence-electron chi connectivity index (χ4n) is 6.27. The molecule has 15 atom stereocenters. The van der Waals surface area contributed by atoms with Crippen molar-refractivity contribution in [3.05, 3.63) is 0 Å². The Hall–Kier alpha value is -0.220. The summed E-state index contributed by atoms with van der Waals surface area (Å²) in [5, 5.41) is 75.7. The van der Waals surface area contributed by atoms with Crippen LogP contribution in [0.2, 0.25) is 0 Å². The molecular formula is C30H58Cl3N4O12-3. The van der Waals surface area contributed by atoms with E-state index in [2.05, 4.69) is 12.2 Å². The van der Waals surface area contributed by atoms with Gasteiger partial charge in [-0.25, -0.2) is 0 Å². The molecule has 3 rings (SSSR count). The van der Waals surface area contributed by atoms with E-state index in [-0.39, 0.29) is 56.1 Å². The van der Waals surface area contributed by atoms with Crippen LogP contribution in [-0.4, -0.2) is 147 Å². The number of hydrogen-bond acceptors (Lipinski definition) is 15. The summed E-state index contributed by atoms with van der Waals surface area (Å²) >= 11 is 0. The molecule has 19 heteroatoms. The third-order valence-corrected chi connectivity index (χ3v) is 9.26. The van der Waals surface area contributed by atoms with Gasteiger partial charge in [-0.1, -0.05) is 58.3 Å². The first-order chi connectivity index (χ1) is 21.9. The molecule has 0 radical (unpaired) electrons. The number of ether oxygens (including phenoxy) is 4. The van der Waals surface area contributed by atoms with E-state index in [9.17, 15) is 40.5 Å². The average Bonchev–Trinajstić information content (AvgIpc) is 3.03. The van der Waals surface area contributed by atoms with Gasteiger partial charge in [-0.3, -0.25) is 4.79 Å². The van der Waals surface area contributed by atoms with Crippen molar-refractivity contribution in [1.29, 1.82) is 0 Å². The summed E-state index contributed by atoms with van der Waals surface area (Å²) in [6.45, 7) is 1.42. The monoisotopic (exact) mass is 771 g/mol. The van der Waals surface area contributed by atoms with Crippen LogP contribution in [0.15, 0.2) is 0 Å². The Balaban J connectivity index is 0.00000768. The summed E-state index contributed by atoms with van der Waals surface area (Å²) < 4.78 is 22.8. The predicted octanol–water partition coefficient (Wildman–Crippen LogP) is -12.2. The van der Waals surface area contributed by atoms with Gasteiger partial charge in [0.15, 0.2) is 12.6 Å². The molecule has 14 N–H and O–H groups in total. The van der Waals surface area contributed by atoms with E-state index in [1.165, 1.54) is 32.1 Å². The molecule has 3 aliphatic rings. The van der Waals surface area contributed by atoms with Crippen molar-refractivity contribution in [2.45, 2.75) is 169 Å². The summed E-state index contributed by atoms with van der Waals surface area (Å²) in [6, 6.07) is -2.97. The quantitative estimate of drug-likeness (QED) is 0.0613. The Labute approximate surface area is 307 Å². The number of hydrogen-bond donors (Lipinski definition) is 11. The second kappa shape index (κ2) is 24.2. The number of halogens is 3. The van der Waals surface area contributed by atoms with E-state index in [4.69, 9.17) is 36.1 Å². The minimum Gasteiger partial charge on any atom is -1.00 e. The van der Waals surface area contributed by atoms with Crippen LogP contribution in [0.3, 0.4) is 0 Å². The van der Waals surface area contributed by atoms with E-state index in [1.54, 1.807) is 0 Å². The highest BCUT2D eigenvalue weighted by molar-refractivity contribution is 5.75. The molecule has 2 heterocycles. The molecule has 1 saturated carbocycles. The molecule has 0 aromatic rings. The lowest BCUT2D eigenvalue weighted by molar-refractivity contribution is -0.332. The Morgan fingerprint density at radius 3 is 1.69 bits per heavy atom. The summed E-state index contributed by atoms with van der Waals surface area (Å²) in [5.41, 5.74) is 18.3. The van der Waals surface area contributed by atoms with Crippen LogP contribution in [-0.2, 0) is 23.7 Å². The van der Waals surface area contributed by atoms with Gasteiger partial charge in [-0.2, -0.15) is 0 Å². The SMILES string of the molecule is CCCCCCCCCCCC(=O)NCC1O[C@H](OC2C(N)CC(N)[C@@H](OC3O[C@H](CO)C(O)[C@@H](N)[C@H]3O)[C@H]2O)C(O)[C@@H](O)[C@@H]1O.[Cl-].[Cl-].[Cl-]. The molecule has 2 saturated heterocycles. The van der Waals surface area contributed by atoms with Gasteiger partial charge in [0.2, 0.25) is 5.91 Å². The van der Waals surface area contributed by atoms with E-state index < -0.39 is 98.4 Å². The lowest BCUT2D eigenvalue weighted by Crippen LogP contribution is -3.00. The molecule has 1 amide bonds. The minimum absolute atomic E-state index is 0. The lowest BCUT2D eigenvalue weighted by Gasteiger charge is -2.48. The molecular weight excluding hydrogens is 715 g/mol. The number of carbonyl (C=O) groups excluding carboxylic acids is 1. The summed E-state index contributed by atoms with van der Waals surface area (Å²) in [7, 11) is 0. The molecule has 2 aliphatic heterocycles. The van der Waals surface area contributed by atoms with Gasteiger partial charge in [0.05, 0.1) is 12.6 Å². The van der Waals surface area contributed by atoms with Crippen molar-refractivity contribution in [2.24, 2.45) is 17.2 Å². The Morgan fingerprint density at radius 1 is 0.673 bits per heavy atom. The van der Waals surface area contributed by atoms with Gasteiger partial charge in [0, 0.05) is 25.0 Å². The van der Waals surface area contributed by atoms with E-state index in [0.717, 1.165) is 25.7 Å². The van der Waals surface area contributed by atoms with Crippen LogP contribution in [0.5, 0.6) is 0 Å². The Bertz CT molecular complexity index is 909. The molecule has 16 nitrogen and oxygen atoms in total. The van der Waals surface area contributed by atoms with Crippen LogP contribution >= 0.6 is 0 Å². The Kier molecular flexibility index (Phi) is 24.1. The van der Waals surface area contributed by atoms with Crippen LogP contribution in [0.4, 0.5) is 0 Å². The highest BCUT2D eigenvalue weighted by atomic mass is 35.5. The van der Waals surface area contributed by atoms with Gasteiger partial charge < -0.3 is 114 Å². The van der Waals surface area contributed by atoms with Gasteiger partial charge in [0.1, 0.15) is 61.0 Å². The molecule has 49 heavy (non-hydrogen) atoms. The second-order valence-corrected chi connectivity index (χ2v) is 12.9. The second-order valence-electron chi connectivity index (χ2n) is 12.9. The topological polar surface area (TPSA) is 286 Å². The number of aliphatic hydroxyl groups is 7. The van der Waals surface area contributed by atoms with Gasteiger partial charge >= 0.3 is 0 Å². The first-order valence-electron chi connectivity index (χ1n) is 16.8. The largest absolute Gasteiger partial charge is 1.00 e. The first-order valence-corrected chi connectivity index (χ1v) is 16.8. The Morgan fingerprint density at radius 2 is 1.16 bits per heavy atom. The van der Waals surface area contributed by atoms with Crippen molar-refractivity contribution in [1.82, 2.24) is 5.32 Å². The van der Waals surface area contributed by atoms with Crippen LogP contribution in [0.25, 0.3) is 0 Å². The molecule has 1 aliphatic carbocycles. The van der Waals surface area contributed by atoms with Gasteiger partial charge in [-0.15, -0.1) is 0 Å². The van der Waals surface area contributed by atoms with Crippen molar-refractivity contribution < 1.29 is 96.7 Å². The smallest absolute Gasteiger partial charge is 0.220 e. The normalized spacial score (nSPS) is 39.2. The average molecular weight is 773 g/mol. The first kappa shape index (κ1) is 48.8. The summed E-state index contributed by atoms with van der Waals surface area (Å²) in [5.74, 6) is -0.238. The maximum absolute atomic E-state index is 12.4. The summed E-state index contributed by atoms with van der Waals surface area (Å²) in [6.07, 6.45) is -6.83. The number of rotatable bonds is 17. The zero-order chi connectivity index (χ0) is 34.0. The van der Waals surface area contributed by atoms with Gasteiger partial charge in [-0.05, 0) is 12.8 Å². The number of aliphatic hydroxyl groups excluding tert-OH is 7. The van der Waals surface area contributed by atoms with Crippen molar-refractivity contribution in [2.75, 3.05) is 13.2 Å². The minimum atomic E-state index is -1.73. The molecule has 0 aromatic heterocycles. The number of unbranched alkanes of at least 4 members (excludes halogenated alkanes) is 8. The van der Waals surface area contributed by atoms with E-state index in [0.29, 0.717) is 6.42 Å². The highest BCUT2D eigenvalue weighted by Gasteiger charge is 2.51. The van der Waals surface area contributed by atoms with Crippen molar-refractivity contribution in [3.8, 4) is 0 Å². The molecule has 294 valence electrons. The zero-order valence-corrected chi connectivity index (χ0v) is 30.2. The maximum Gasteiger partial charge on any atom is 0.220 e. The third-order valence-electron chi connectivity index (χ3n) is 9.26. The third kappa shape index (κ3) is 13.6. The van der Waals surface area contributed by atoms with E-state index >= 15 is 0 Å². The van der Waals surface area contributed by atoms with Crippen molar-refractivity contribution >= 4 is 5.91 Å². The highest BCUT2D eigenvalue weighted by Crippen LogP contribution is 2.31. The van der Waals surface area contributed by atoms with Crippen LogP contribution < -0.4 is 59.7 Å². The molecule has 3 fully saturated rings. The zero-order valence-electron chi connectivity index (χ0n) is 27.9. The standard InChI is InChI=1S/C30H58N4O12.3ClH/c1-2-3-4-5-6-7-8-9-10-11-19(36)34-13-17-22(38)24(40)25(41)30(43-17)46-28-16(32)12-15(31)27(26(28)42)45-29-23(39)20(33)21(37)18(14-35)44-29;;;/h15-18,20-30,35,37-42H,2-14,31-33H2,1H3,(H,34,36);3*1H/p-3/t15?,16?,17?,18-,20-,21?,22-,23-,24+,25?,26-,27-,28?,29?,30-;;;/m1.../s1. The van der Waals surface area contributed by atoms with Crippen LogP contribution in [0.1, 0.15) is 77.6 Å². The number of nitrogens with one attached hydrogen (secondary N) is 1. The van der Waals surface area contributed by atoms with Crippen LogP contribution in [0, 0.1) is 0 Å². The van der Waals surface area contributed by atoms with Gasteiger partial charge in [0.25, 0.3) is 0 Å². The lowest BCUT2D eigenvalue weighted by atomic mass is 9.84. The maximum atomic E-state index is 12.4. The predicted molar refractivity (Wildman–Crippen MR) is 164 cm³/mol. The molecule has 7 unspecified atom stereocenters. The molecule has 0 spiro atoms. The van der Waals surface area contributed by atoms with E-state index in [1.807, 2.05) is 0 Å². The summed E-state index contributed by atoms with van der Waals surface area (Å²) in [4.78, 5) is 12.4. The fraction of sp³-hybridized carbons (Fsp3) is 0.967. The molecule has 0 bridgehead atoms.